The number of aromatic hydroxyl groups is 1. The molecule has 1 fully saturated rings. The molecule has 0 spiro atoms. The highest BCUT2D eigenvalue weighted by atomic mass is 35.5. The first-order chi connectivity index (χ1) is 6.68. The van der Waals surface area contributed by atoms with Crippen LogP contribution in [-0.2, 0) is 0 Å². The molecule has 3 heteroatoms. The summed E-state index contributed by atoms with van der Waals surface area (Å²) in [5.74, 6) is 0.758. The topological polar surface area (TPSA) is 32.3 Å². The Hall–Kier alpha value is -0.730. The van der Waals surface area contributed by atoms with Gasteiger partial charge in [-0.05, 0) is 43.0 Å². The van der Waals surface area contributed by atoms with Crippen LogP contribution in [0.25, 0.3) is 0 Å². The smallest absolute Gasteiger partial charge is 0.137 e. The van der Waals surface area contributed by atoms with E-state index in [1.807, 2.05) is 19.1 Å². The highest BCUT2D eigenvalue weighted by molar-refractivity contribution is 6.32. The van der Waals surface area contributed by atoms with Crippen LogP contribution in [0.5, 0.6) is 5.75 Å². The van der Waals surface area contributed by atoms with Crippen LogP contribution < -0.4 is 5.32 Å². The molecule has 1 aromatic carbocycles. The summed E-state index contributed by atoms with van der Waals surface area (Å²) in [6.45, 7) is 3.97. The molecule has 2 rings (SSSR count). The van der Waals surface area contributed by atoms with Crippen molar-refractivity contribution < 1.29 is 5.11 Å². The summed E-state index contributed by atoms with van der Waals surface area (Å²) in [5, 5.41) is 13.3. The van der Waals surface area contributed by atoms with Crippen molar-refractivity contribution in [3.8, 4) is 5.75 Å². The van der Waals surface area contributed by atoms with Crippen molar-refractivity contribution >= 4 is 11.6 Å². The first kappa shape index (κ1) is 9.81. The number of hydrogen-bond donors (Lipinski definition) is 2. The lowest BCUT2D eigenvalue weighted by Crippen LogP contribution is -2.08. The van der Waals surface area contributed by atoms with Gasteiger partial charge in [-0.3, -0.25) is 0 Å². The number of halogens is 1. The van der Waals surface area contributed by atoms with Crippen molar-refractivity contribution in [1.29, 1.82) is 0 Å². The van der Waals surface area contributed by atoms with Gasteiger partial charge in [-0.25, -0.2) is 0 Å². The summed E-state index contributed by atoms with van der Waals surface area (Å²) >= 11 is 5.93. The second kappa shape index (κ2) is 3.79. The number of rotatable bonds is 1. The number of benzene rings is 1. The number of phenolic OH excluding ortho intramolecular Hbond substituents is 1. The van der Waals surface area contributed by atoms with Crippen LogP contribution in [0.3, 0.4) is 0 Å². The highest BCUT2D eigenvalue weighted by Crippen LogP contribution is 2.32. The standard InChI is InChI=1S/C11H14ClNO/c1-7-4-9(5-10(12)11(7)14)8-2-3-13-6-8/h4-5,8,13-14H,2-3,6H2,1H3. The van der Waals surface area contributed by atoms with Crippen molar-refractivity contribution in [2.45, 2.75) is 19.3 Å². The van der Waals surface area contributed by atoms with Crippen LogP contribution in [0.1, 0.15) is 23.5 Å². The Morgan fingerprint density at radius 2 is 2.29 bits per heavy atom. The minimum atomic E-state index is 0.210. The molecule has 2 N–H and O–H groups in total. The van der Waals surface area contributed by atoms with E-state index in [0.29, 0.717) is 10.9 Å². The van der Waals surface area contributed by atoms with Gasteiger partial charge in [-0.15, -0.1) is 0 Å². The Labute approximate surface area is 88.9 Å². The van der Waals surface area contributed by atoms with E-state index in [4.69, 9.17) is 11.6 Å². The largest absolute Gasteiger partial charge is 0.506 e. The van der Waals surface area contributed by atoms with Gasteiger partial charge in [-0.2, -0.15) is 0 Å². The fraction of sp³-hybridized carbons (Fsp3) is 0.455. The molecule has 1 heterocycles. The Morgan fingerprint density at radius 3 is 2.86 bits per heavy atom. The molecule has 1 atom stereocenters. The predicted octanol–water partition coefficient (Wildman–Crippen LogP) is 2.43. The zero-order chi connectivity index (χ0) is 10.1. The molecular formula is C11H14ClNO. The fourth-order valence-electron chi connectivity index (χ4n) is 1.94. The molecule has 14 heavy (non-hydrogen) atoms. The molecule has 2 nitrogen and oxygen atoms in total. The average molecular weight is 212 g/mol. The summed E-state index contributed by atoms with van der Waals surface area (Å²) in [6.07, 6.45) is 1.15. The molecule has 76 valence electrons. The maximum Gasteiger partial charge on any atom is 0.137 e. The zero-order valence-electron chi connectivity index (χ0n) is 8.18. The van der Waals surface area contributed by atoms with E-state index in [2.05, 4.69) is 5.32 Å². The lowest BCUT2D eigenvalue weighted by atomic mass is 9.96. The molecule has 1 saturated heterocycles. The van der Waals surface area contributed by atoms with Gasteiger partial charge in [-0.1, -0.05) is 17.7 Å². The molecule has 0 amide bonds. The van der Waals surface area contributed by atoms with Crippen molar-refractivity contribution in [2.24, 2.45) is 0 Å². The fourth-order valence-corrected chi connectivity index (χ4v) is 2.21. The summed E-state index contributed by atoms with van der Waals surface area (Å²) in [4.78, 5) is 0. The number of hydrogen-bond acceptors (Lipinski definition) is 2. The predicted molar refractivity (Wildman–Crippen MR) is 58.1 cm³/mol. The van der Waals surface area contributed by atoms with E-state index in [9.17, 15) is 5.11 Å². The third-order valence-corrected chi connectivity index (χ3v) is 3.10. The molecular weight excluding hydrogens is 198 g/mol. The van der Waals surface area contributed by atoms with Gasteiger partial charge in [0, 0.05) is 6.54 Å². The molecule has 0 aromatic heterocycles. The number of nitrogens with one attached hydrogen (secondary N) is 1. The quantitative estimate of drug-likeness (QED) is 0.748. The van der Waals surface area contributed by atoms with Crippen LogP contribution in [-0.4, -0.2) is 18.2 Å². The Balaban J connectivity index is 2.34. The first-order valence-electron chi connectivity index (χ1n) is 4.88. The van der Waals surface area contributed by atoms with Crippen molar-refractivity contribution in [3.05, 3.63) is 28.3 Å². The lowest BCUT2D eigenvalue weighted by molar-refractivity contribution is 0.471. The lowest BCUT2D eigenvalue weighted by Gasteiger charge is -2.11. The maximum atomic E-state index is 9.53. The maximum absolute atomic E-state index is 9.53. The molecule has 0 saturated carbocycles. The van der Waals surface area contributed by atoms with E-state index in [0.717, 1.165) is 25.1 Å². The molecule has 1 aliphatic rings. The van der Waals surface area contributed by atoms with Gasteiger partial charge < -0.3 is 10.4 Å². The van der Waals surface area contributed by atoms with Gasteiger partial charge >= 0.3 is 0 Å². The Bertz CT molecular complexity index is 322. The third-order valence-electron chi connectivity index (χ3n) is 2.81. The third kappa shape index (κ3) is 1.72. The van der Waals surface area contributed by atoms with Gasteiger partial charge in [0.1, 0.15) is 5.75 Å². The average Bonchev–Trinajstić information content (AvgIpc) is 2.66. The summed E-state index contributed by atoms with van der Waals surface area (Å²) in [7, 11) is 0. The van der Waals surface area contributed by atoms with Gasteiger partial charge in [0.2, 0.25) is 0 Å². The van der Waals surface area contributed by atoms with E-state index in [-0.39, 0.29) is 5.75 Å². The van der Waals surface area contributed by atoms with Gasteiger partial charge in [0.15, 0.2) is 0 Å². The van der Waals surface area contributed by atoms with Crippen LogP contribution in [0, 0.1) is 6.92 Å². The second-order valence-electron chi connectivity index (χ2n) is 3.86. The van der Waals surface area contributed by atoms with Crippen LogP contribution >= 0.6 is 11.6 Å². The summed E-state index contributed by atoms with van der Waals surface area (Å²) in [6, 6.07) is 3.90. The van der Waals surface area contributed by atoms with E-state index in [1.165, 1.54) is 5.56 Å². The Kier molecular flexibility index (Phi) is 2.66. The molecule has 1 aliphatic heterocycles. The van der Waals surface area contributed by atoms with Crippen molar-refractivity contribution in [2.75, 3.05) is 13.1 Å². The van der Waals surface area contributed by atoms with Crippen molar-refractivity contribution in [1.82, 2.24) is 5.32 Å². The molecule has 0 aliphatic carbocycles. The number of aryl methyl sites for hydroxylation is 1. The minimum Gasteiger partial charge on any atom is -0.506 e. The molecule has 0 bridgehead atoms. The second-order valence-corrected chi connectivity index (χ2v) is 4.27. The van der Waals surface area contributed by atoms with Crippen LogP contribution in [0.2, 0.25) is 5.02 Å². The minimum absolute atomic E-state index is 0.210. The van der Waals surface area contributed by atoms with Crippen LogP contribution in [0.15, 0.2) is 12.1 Å². The van der Waals surface area contributed by atoms with Gasteiger partial charge in [0.05, 0.1) is 5.02 Å². The highest BCUT2D eigenvalue weighted by Gasteiger charge is 2.18. The molecule has 1 unspecified atom stereocenters. The zero-order valence-corrected chi connectivity index (χ0v) is 8.93. The van der Waals surface area contributed by atoms with E-state index in [1.54, 1.807) is 0 Å². The summed E-state index contributed by atoms with van der Waals surface area (Å²) in [5.41, 5.74) is 2.09. The van der Waals surface area contributed by atoms with E-state index >= 15 is 0 Å². The summed E-state index contributed by atoms with van der Waals surface area (Å²) < 4.78 is 0. The normalized spacial score (nSPS) is 21.4. The van der Waals surface area contributed by atoms with E-state index < -0.39 is 0 Å². The van der Waals surface area contributed by atoms with Crippen LogP contribution in [0.4, 0.5) is 0 Å². The Morgan fingerprint density at radius 1 is 1.50 bits per heavy atom. The first-order valence-corrected chi connectivity index (χ1v) is 5.26. The molecule has 0 radical (unpaired) electrons. The number of phenols is 1. The monoisotopic (exact) mass is 211 g/mol. The van der Waals surface area contributed by atoms with Crippen molar-refractivity contribution in [3.63, 3.8) is 0 Å². The van der Waals surface area contributed by atoms with Gasteiger partial charge in [0.25, 0.3) is 0 Å². The molecule has 1 aromatic rings. The SMILES string of the molecule is Cc1cc(C2CCNC2)cc(Cl)c1O.